The molecule has 0 aliphatic carbocycles. The summed E-state index contributed by atoms with van der Waals surface area (Å²) in [6.07, 6.45) is 0. The first kappa shape index (κ1) is 7.16. The summed E-state index contributed by atoms with van der Waals surface area (Å²) in [5.41, 5.74) is 2.07. The van der Waals surface area contributed by atoms with Crippen molar-refractivity contribution in [2.24, 2.45) is 0 Å². The summed E-state index contributed by atoms with van der Waals surface area (Å²) in [5.74, 6) is -0.786. The van der Waals surface area contributed by atoms with E-state index in [1.54, 1.807) is 6.92 Å². The Morgan fingerprint density at radius 1 is 1.42 bits per heavy atom. The lowest BCUT2D eigenvalue weighted by Crippen LogP contribution is -2.26. The van der Waals surface area contributed by atoms with Crippen LogP contribution in [-0.4, -0.2) is 17.1 Å². The Balaban J connectivity index is 2.20. The fourth-order valence-corrected chi connectivity index (χ4v) is 1.36. The van der Waals surface area contributed by atoms with Crippen molar-refractivity contribution in [1.29, 1.82) is 0 Å². The molecule has 0 bridgehead atoms. The van der Waals surface area contributed by atoms with Crippen LogP contribution in [0.25, 0.3) is 0 Å². The van der Waals surface area contributed by atoms with Crippen molar-refractivity contribution in [2.75, 3.05) is 4.90 Å². The summed E-state index contributed by atoms with van der Waals surface area (Å²) in [6.45, 7) is 1.68. The summed E-state index contributed by atoms with van der Waals surface area (Å²) in [4.78, 5) is 12.4. The van der Waals surface area contributed by atoms with Crippen LogP contribution in [0, 0.1) is 0 Å². The molecule has 0 aromatic heterocycles. The number of para-hydroxylation sites is 2. The van der Waals surface area contributed by atoms with Gasteiger partial charge in [-0.05, 0) is 19.1 Å². The molecular formula is C9H9NO2. The van der Waals surface area contributed by atoms with E-state index in [9.17, 15) is 4.79 Å². The highest BCUT2D eigenvalue weighted by Crippen LogP contribution is 2.48. The molecule has 0 unspecified atom stereocenters. The molecule has 1 N–H and O–H groups in total. The molecule has 0 radical (unpaired) electrons. The van der Waals surface area contributed by atoms with Gasteiger partial charge in [0.15, 0.2) is 0 Å². The van der Waals surface area contributed by atoms with Gasteiger partial charge >= 0.3 is 5.97 Å². The van der Waals surface area contributed by atoms with Crippen LogP contribution in [0.3, 0.4) is 0 Å². The standard InChI is InChI=1S/C9H9NO2/c1-6(9(11)12)10-7-4-2-3-5-8(7)10/h2-6H,1H3,(H,11,12)/t6-/m0/s1. The molecule has 1 aromatic rings. The van der Waals surface area contributed by atoms with Crippen LogP contribution in [0.15, 0.2) is 24.3 Å². The Morgan fingerprint density at radius 2 is 1.92 bits per heavy atom. The second kappa shape index (κ2) is 2.24. The van der Waals surface area contributed by atoms with Crippen LogP contribution in [0.1, 0.15) is 6.92 Å². The summed E-state index contributed by atoms with van der Waals surface area (Å²) in [6, 6.07) is 7.23. The highest BCUT2D eigenvalue weighted by atomic mass is 16.4. The first-order valence-corrected chi connectivity index (χ1v) is 3.83. The number of fused-ring (bicyclic) bond motifs is 1. The Morgan fingerprint density at radius 3 is 2.33 bits per heavy atom. The van der Waals surface area contributed by atoms with Gasteiger partial charge in [0.25, 0.3) is 0 Å². The average molecular weight is 163 g/mol. The van der Waals surface area contributed by atoms with Crippen molar-refractivity contribution in [3.8, 4) is 0 Å². The Labute approximate surface area is 70.2 Å². The van der Waals surface area contributed by atoms with E-state index in [4.69, 9.17) is 5.11 Å². The summed E-state index contributed by atoms with van der Waals surface area (Å²) in [7, 11) is 0. The molecule has 1 aliphatic rings. The number of carbonyl (C=O) groups is 1. The molecule has 3 nitrogen and oxygen atoms in total. The fraction of sp³-hybridized carbons (Fsp3) is 0.222. The molecule has 1 atom stereocenters. The van der Waals surface area contributed by atoms with Gasteiger partial charge in [-0.2, -0.15) is 0 Å². The monoisotopic (exact) mass is 163 g/mol. The maximum Gasteiger partial charge on any atom is 0.326 e. The highest BCUT2D eigenvalue weighted by molar-refractivity contribution is 5.98. The van der Waals surface area contributed by atoms with E-state index in [1.807, 2.05) is 29.2 Å². The van der Waals surface area contributed by atoms with Gasteiger partial charge < -0.3 is 10.0 Å². The Bertz CT molecular complexity index is 312. The molecule has 0 amide bonds. The lowest BCUT2D eigenvalue weighted by Gasteiger charge is -2.07. The molecule has 62 valence electrons. The van der Waals surface area contributed by atoms with Gasteiger partial charge in [-0.25, -0.2) is 4.79 Å². The predicted octanol–water partition coefficient (Wildman–Crippen LogP) is 1.61. The first-order valence-electron chi connectivity index (χ1n) is 3.83. The van der Waals surface area contributed by atoms with E-state index >= 15 is 0 Å². The van der Waals surface area contributed by atoms with E-state index in [0.717, 1.165) is 11.4 Å². The number of carboxylic acid groups (broad SMARTS) is 1. The normalized spacial score (nSPS) is 15.2. The van der Waals surface area contributed by atoms with Gasteiger partial charge in [-0.3, -0.25) is 0 Å². The molecular weight excluding hydrogens is 154 g/mol. The Hall–Kier alpha value is -1.51. The van der Waals surface area contributed by atoms with Crippen molar-refractivity contribution in [1.82, 2.24) is 0 Å². The van der Waals surface area contributed by atoms with Gasteiger partial charge in [0.1, 0.15) is 6.04 Å². The summed E-state index contributed by atoms with van der Waals surface area (Å²) < 4.78 is 0. The van der Waals surface area contributed by atoms with Gasteiger partial charge in [0.2, 0.25) is 0 Å². The minimum atomic E-state index is -0.786. The van der Waals surface area contributed by atoms with E-state index in [2.05, 4.69) is 0 Å². The number of hydrogen-bond acceptors (Lipinski definition) is 2. The number of rotatable bonds is 2. The molecule has 1 heterocycles. The van der Waals surface area contributed by atoms with E-state index < -0.39 is 12.0 Å². The van der Waals surface area contributed by atoms with Gasteiger partial charge in [-0.1, -0.05) is 12.1 Å². The van der Waals surface area contributed by atoms with Crippen molar-refractivity contribution >= 4 is 17.3 Å². The SMILES string of the molecule is C[C@@H](C(=O)O)N1c2ccccc21. The van der Waals surface area contributed by atoms with Crippen LogP contribution >= 0.6 is 0 Å². The van der Waals surface area contributed by atoms with E-state index in [1.165, 1.54) is 0 Å². The zero-order valence-electron chi connectivity index (χ0n) is 6.69. The minimum absolute atomic E-state index is 0.442. The molecule has 0 saturated carbocycles. The number of aliphatic carboxylic acids is 1. The third-order valence-electron chi connectivity index (χ3n) is 2.10. The number of hydrogen-bond donors (Lipinski definition) is 1. The number of carboxylic acids is 1. The van der Waals surface area contributed by atoms with E-state index in [-0.39, 0.29) is 0 Å². The first-order chi connectivity index (χ1) is 5.72. The minimum Gasteiger partial charge on any atom is -0.480 e. The molecule has 3 heteroatoms. The van der Waals surface area contributed by atoms with Crippen LogP contribution in [0.2, 0.25) is 0 Å². The van der Waals surface area contributed by atoms with Crippen molar-refractivity contribution in [3.05, 3.63) is 24.3 Å². The van der Waals surface area contributed by atoms with Crippen molar-refractivity contribution in [3.63, 3.8) is 0 Å². The van der Waals surface area contributed by atoms with Gasteiger partial charge in [0.05, 0.1) is 11.4 Å². The lowest BCUT2D eigenvalue weighted by molar-refractivity contribution is -0.137. The zero-order valence-corrected chi connectivity index (χ0v) is 6.69. The molecule has 12 heavy (non-hydrogen) atoms. The lowest BCUT2D eigenvalue weighted by atomic mass is 10.3. The smallest absolute Gasteiger partial charge is 0.326 e. The average Bonchev–Trinajstić information content (AvgIpc) is 2.76. The molecule has 1 aromatic carbocycles. The molecule has 0 fully saturated rings. The van der Waals surface area contributed by atoms with E-state index in [0.29, 0.717) is 0 Å². The van der Waals surface area contributed by atoms with Crippen LogP contribution in [0.5, 0.6) is 0 Å². The Kier molecular flexibility index (Phi) is 1.33. The predicted molar refractivity (Wildman–Crippen MR) is 45.7 cm³/mol. The third kappa shape index (κ3) is 0.863. The van der Waals surface area contributed by atoms with Crippen LogP contribution in [-0.2, 0) is 4.79 Å². The van der Waals surface area contributed by atoms with Gasteiger partial charge in [0, 0.05) is 0 Å². The summed E-state index contributed by atoms with van der Waals surface area (Å²) in [5, 5.41) is 8.72. The molecule has 0 saturated heterocycles. The van der Waals surface area contributed by atoms with Crippen molar-refractivity contribution < 1.29 is 9.90 Å². The number of benzene rings is 1. The second-order valence-electron chi connectivity index (χ2n) is 2.87. The zero-order chi connectivity index (χ0) is 8.72. The fourth-order valence-electron chi connectivity index (χ4n) is 1.36. The number of nitrogens with zero attached hydrogens (tertiary/aromatic N) is 1. The maximum absolute atomic E-state index is 10.6. The summed E-state index contributed by atoms with van der Waals surface area (Å²) >= 11 is 0. The largest absolute Gasteiger partial charge is 0.480 e. The molecule has 0 spiro atoms. The van der Waals surface area contributed by atoms with Crippen molar-refractivity contribution in [2.45, 2.75) is 13.0 Å². The third-order valence-corrected chi connectivity index (χ3v) is 2.10. The van der Waals surface area contributed by atoms with Crippen LogP contribution < -0.4 is 4.90 Å². The highest BCUT2D eigenvalue weighted by Gasteiger charge is 2.35. The topological polar surface area (TPSA) is 40.3 Å². The van der Waals surface area contributed by atoms with Gasteiger partial charge in [-0.15, -0.1) is 0 Å². The second-order valence-corrected chi connectivity index (χ2v) is 2.87. The number of anilines is 2. The quantitative estimate of drug-likeness (QED) is 0.673. The molecule has 1 aliphatic heterocycles. The molecule has 2 rings (SSSR count). The van der Waals surface area contributed by atoms with Crippen LogP contribution in [0.4, 0.5) is 11.4 Å². The maximum atomic E-state index is 10.6.